The number of H-pyrrole nitrogens is 1. The van der Waals surface area contributed by atoms with E-state index in [4.69, 9.17) is 0 Å². The highest BCUT2D eigenvalue weighted by Gasteiger charge is 2.30. The first kappa shape index (κ1) is 18.7. The number of hydrogen-bond donors (Lipinski definition) is 2. The van der Waals surface area contributed by atoms with Crippen LogP contribution in [-0.2, 0) is 0 Å². The van der Waals surface area contributed by atoms with Crippen molar-refractivity contribution in [2.24, 2.45) is 0 Å². The molecule has 1 saturated carbocycles. The Morgan fingerprint density at radius 2 is 2.03 bits per heavy atom. The number of imidazole rings is 1. The van der Waals surface area contributed by atoms with E-state index in [1.165, 1.54) is 0 Å². The molecule has 6 rings (SSSR count). The van der Waals surface area contributed by atoms with Crippen LogP contribution in [0.3, 0.4) is 0 Å². The van der Waals surface area contributed by atoms with Gasteiger partial charge < -0.3 is 14.9 Å². The SMILES string of the molecule is C[C@@H](Nc1nccc2[nH]cnc12)c1cc2cccc(-c3cccnc3)c2c(=O)n1C1CC1. The van der Waals surface area contributed by atoms with Gasteiger partial charge in [0.1, 0.15) is 5.52 Å². The van der Waals surface area contributed by atoms with Gasteiger partial charge in [0.25, 0.3) is 5.56 Å². The summed E-state index contributed by atoms with van der Waals surface area (Å²) in [6, 6.07) is 14.1. The minimum absolute atomic E-state index is 0.0547. The van der Waals surface area contributed by atoms with E-state index < -0.39 is 0 Å². The minimum atomic E-state index is -0.121. The van der Waals surface area contributed by atoms with E-state index in [2.05, 4.69) is 38.2 Å². The van der Waals surface area contributed by atoms with Gasteiger partial charge >= 0.3 is 0 Å². The summed E-state index contributed by atoms with van der Waals surface area (Å²) in [6.07, 6.45) is 9.02. The highest BCUT2D eigenvalue weighted by atomic mass is 16.1. The fourth-order valence-electron chi connectivity index (χ4n) is 4.45. The molecule has 1 atom stereocenters. The second-order valence-electron chi connectivity index (χ2n) is 8.31. The second-order valence-corrected chi connectivity index (χ2v) is 8.31. The van der Waals surface area contributed by atoms with Crippen molar-refractivity contribution in [3.63, 3.8) is 0 Å². The van der Waals surface area contributed by atoms with Gasteiger partial charge in [0.15, 0.2) is 5.82 Å². The standard InChI is InChI=1S/C25H22N6O/c1-15(30-24-23-20(9-11-27-24)28-14-29-23)21-12-16-4-2-6-19(17-5-3-10-26-13-17)22(16)25(32)31(21)18-7-8-18/h2-6,9-15,18H,7-8H2,1H3,(H,27,30)(H,28,29)/t15-/m1/s1. The smallest absolute Gasteiger partial charge is 0.259 e. The molecule has 0 unspecified atom stereocenters. The van der Waals surface area contributed by atoms with Crippen LogP contribution in [0.15, 0.2) is 72.2 Å². The van der Waals surface area contributed by atoms with Gasteiger partial charge in [-0.2, -0.15) is 0 Å². The Morgan fingerprint density at radius 1 is 1.12 bits per heavy atom. The van der Waals surface area contributed by atoms with E-state index >= 15 is 0 Å². The summed E-state index contributed by atoms with van der Waals surface area (Å²) >= 11 is 0. The Labute approximate surface area is 184 Å². The van der Waals surface area contributed by atoms with Crippen LogP contribution in [0, 0.1) is 0 Å². The number of aromatic amines is 1. The molecule has 32 heavy (non-hydrogen) atoms. The van der Waals surface area contributed by atoms with E-state index in [9.17, 15) is 4.79 Å². The lowest BCUT2D eigenvalue weighted by Crippen LogP contribution is -2.26. The maximum absolute atomic E-state index is 13.8. The van der Waals surface area contributed by atoms with Gasteiger partial charge in [0, 0.05) is 35.9 Å². The molecule has 0 amide bonds. The number of rotatable bonds is 5. The summed E-state index contributed by atoms with van der Waals surface area (Å²) in [5.74, 6) is 0.704. The molecule has 1 aliphatic carbocycles. The molecule has 5 aromatic rings. The molecule has 158 valence electrons. The predicted molar refractivity (Wildman–Crippen MR) is 126 cm³/mol. The first-order chi connectivity index (χ1) is 15.7. The molecular weight excluding hydrogens is 400 g/mol. The van der Waals surface area contributed by atoms with Gasteiger partial charge in [-0.1, -0.05) is 24.3 Å². The van der Waals surface area contributed by atoms with Crippen molar-refractivity contribution < 1.29 is 0 Å². The highest BCUT2D eigenvalue weighted by molar-refractivity contribution is 5.96. The number of nitrogens with zero attached hydrogens (tertiary/aromatic N) is 4. The zero-order valence-electron chi connectivity index (χ0n) is 17.6. The van der Waals surface area contributed by atoms with Gasteiger partial charge in [-0.3, -0.25) is 9.78 Å². The van der Waals surface area contributed by atoms with Crippen molar-refractivity contribution in [1.82, 2.24) is 24.5 Å². The molecule has 2 N–H and O–H groups in total. The number of nitrogens with one attached hydrogen (secondary N) is 2. The van der Waals surface area contributed by atoms with Crippen LogP contribution in [0.5, 0.6) is 0 Å². The average molecular weight is 422 g/mol. The quantitative estimate of drug-likeness (QED) is 0.423. The lowest BCUT2D eigenvalue weighted by Gasteiger charge is -2.22. The molecule has 4 aromatic heterocycles. The van der Waals surface area contributed by atoms with Gasteiger partial charge in [-0.05, 0) is 48.9 Å². The minimum Gasteiger partial charge on any atom is -0.360 e. The lowest BCUT2D eigenvalue weighted by atomic mass is 9.99. The lowest BCUT2D eigenvalue weighted by molar-refractivity contribution is 0.636. The number of benzene rings is 1. The Balaban J connectivity index is 1.51. The third-order valence-corrected chi connectivity index (χ3v) is 6.13. The van der Waals surface area contributed by atoms with Crippen LogP contribution < -0.4 is 10.9 Å². The molecule has 4 heterocycles. The Kier molecular flexibility index (Phi) is 4.28. The van der Waals surface area contributed by atoms with E-state index in [1.54, 1.807) is 18.7 Å². The summed E-state index contributed by atoms with van der Waals surface area (Å²) in [7, 11) is 0. The van der Waals surface area contributed by atoms with Crippen molar-refractivity contribution in [2.75, 3.05) is 5.32 Å². The van der Waals surface area contributed by atoms with Gasteiger partial charge in [-0.15, -0.1) is 0 Å². The number of fused-ring (bicyclic) bond motifs is 2. The van der Waals surface area contributed by atoms with Crippen LogP contribution in [0.1, 0.15) is 37.5 Å². The molecular formula is C25H22N6O. The number of pyridine rings is 3. The third-order valence-electron chi connectivity index (χ3n) is 6.13. The van der Waals surface area contributed by atoms with Gasteiger partial charge in [0.05, 0.1) is 23.3 Å². The summed E-state index contributed by atoms with van der Waals surface area (Å²) in [5, 5.41) is 5.16. The molecule has 1 fully saturated rings. The molecule has 0 spiro atoms. The molecule has 0 bridgehead atoms. The van der Waals surface area contributed by atoms with E-state index in [1.807, 2.05) is 47.2 Å². The first-order valence-electron chi connectivity index (χ1n) is 10.8. The third kappa shape index (κ3) is 3.05. The summed E-state index contributed by atoms with van der Waals surface area (Å²) in [4.78, 5) is 30.1. The molecule has 1 aliphatic rings. The topological polar surface area (TPSA) is 88.5 Å². The van der Waals surface area contributed by atoms with Crippen LogP contribution in [0.25, 0.3) is 32.9 Å². The van der Waals surface area contributed by atoms with E-state index in [0.717, 1.165) is 51.5 Å². The van der Waals surface area contributed by atoms with Crippen LogP contribution >= 0.6 is 0 Å². The van der Waals surface area contributed by atoms with Crippen molar-refractivity contribution in [3.05, 3.63) is 83.4 Å². The summed E-state index contributed by atoms with van der Waals surface area (Å²) in [6.45, 7) is 2.07. The summed E-state index contributed by atoms with van der Waals surface area (Å²) < 4.78 is 1.98. The predicted octanol–water partition coefficient (Wildman–Crippen LogP) is 4.84. The highest BCUT2D eigenvalue weighted by Crippen LogP contribution is 2.38. The van der Waals surface area contributed by atoms with Crippen LogP contribution in [0.4, 0.5) is 5.82 Å². The molecule has 7 heteroatoms. The molecule has 7 nitrogen and oxygen atoms in total. The van der Waals surface area contributed by atoms with Crippen molar-refractivity contribution in [2.45, 2.75) is 31.8 Å². The largest absolute Gasteiger partial charge is 0.360 e. The Bertz CT molecular complexity index is 1500. The van der Waals surface area contributed by atoms with Gasteiger partial charge in [0.2, 0.25) is 0 Å². The van der Waals surface area contributed by atoms with Crippen LogP contribution in [-0.4, -0.2) is 24.5 Å². The van der Waals surface area contributed by atoms with E-state index in [0.29, 0.717) is 5.82 Å². The monoisotopic (exact) mass is 422 g/mol. The van der Waals surface area contributed by atoms with Crippen molar-refractivity contribution in [3.8, 4) is 11.1 Å². The molecule has 0 saturated heterocycles. The first-order valence-corrected chi connectivity index (χ1v) is 10.8. The Hall–Kier alpha value is -4.00. The van der Waals surface area contributed by atoms with Gasteiger partial charge in [-0.25, -0.2) is 9.97 Å². The normalized spacial score (nSPS) is 14.7. The van der Waals surface area contributed by atoms with Crippen LogP contribution in [0.2, 0.25) is 0 Å². The molecule has 1 aromatic carbocycles. The van der Waals surface area contributed by atoms with E-state index in [-0.39, 0.29) is 17.6 Å². The second kappa shape index (κ2) is 7.30. The number of hydrogen-bond acceptors (Lipinski definition) is 5. The maximum Gasteiger partial charge on any atom is 0.259 e. The average Bonchev–Trinajstić information content (AvgIpc) is 3.54. The molecule has 0 radical (unpaired) electrons. The zero-order chi connectivity index (χ0) is 21.7. The fourth-order valence-corrected chi connectivity index (χ4v) is 4.45. The summed E-state index contributed by atoms with van der Waals surface area (Å²) in [5.41, 5.74) is 4.60. The zero-order valence-corrected chi connectivity index (χ0v) is 17.6. The van der Waals surface area contributed by atoms with Crippen molar-refractivity contribution >= 4 is 27.6 Å². The number of aromatic nitrogens is 5. The molecule has 0 aliphatic heterocycles. The number of anilines is 1. The maximum atomic E-state index is 13.8. The van der Waals surface area contributed by atoms with Crippen molar-refractivity contribution in [1.29, 1.82) is 0 Å². The Morgan fingerprint density at radius 3 is 2.84 bits per heavy atom. The fraction of sp³-hybridized carbons (Fsp3) is 0.200.